The van der Waals surface area contributed by atoms with Crippen molar-refractivity contribution in [3.05, 3.63) is 24.3 Å². The minimum absolute atomic E-state index is 0.133. The van der Waals surface area contributed by atoms with Crippen LogP contribution in [0, 0.1) is 0 Å². The second kappa shape index (κ2) is 6.07. The predicted octanol–water partition coefficient (Wildman–Crippen LogP) is 1.24. The van der Waals surface area contributed by atoms with Crippen LogP contribution in [0.25, 0.3) is 0 Å². The number of hydrogen-bond donors (Lipinski definition) is 2. The second-order valence-electron chi connectivity index (χ2n) is 4.88. The number of rotatable bonds is 3. The summed E-state index contributed by atoms with van der Waals surface area (Å²) < 4.78 is 5.26. The van der Waals surface area contributed by atoms with Crippen molar-refractivity contribution in [1.82, 2.24) is 5.32 Å². The molecule has 18 heavy (non-hydrogen) atoms. The Morgan fingerprint density at radius 3 is 3.06 bits per heavy atom. The fraction of sp³-hybridized carbons (Fsp3) is 0.571. The first-order chi connectivity index (χ1) is 8.72. The normalized spacial score (nSPS) is 24.7. The van der Waals surface area contributed by atoms with E-state index >= 15 is 0 Å². The standard InChI is InChI=1S/C14H22N2O2/c1-11-6-7-16(9-12(10-17)15-11)13-4-3-5-14(8-13)18-2/h3-5,8,11-12,15,17H,6-7,9-10H2,1-2H3. The fourth-order valence-corrected chi connectivity index (χ4v) is 2.40. The molecule has 4 nitrogen and oxygen atoms in total. The number of benzene rings is 1. The summed E-state index contributed by atoms with van der Waals surface area (Å²) in [7, 11) is 1.68. The maximum atomic E-state index is 9.39. The van der Waals surface area contributed by atoms with Crippen LogP contribution >= 0.6 is 0 Å². The van der Waals surface area contributed by atoms with Gasteiger partial charge >= 0.3 is 0 Å². The van der Waals surface area contributed by atoms with Gasteiger partial charge in [0.05, 0.1) is 13.7 Å². The molecule has 1 heterocycles. The van der Waals surface area contributed by atoms with Gasteiger partial charge in [0.1, 0.15) is 5.75 Å². The van der Waals surface area contributed by atoms with Crippen molar-refractivity contribution in [3.63, 3.8) is 0 Å². The Labute approximate surface area is 109 Å². The van der Waals surface area contributed by atoms with Crippen LogP contribution in [0.15, 0.2) is 24.3 Å². The molecule has 0 bridgehead atoms. The highest BCUT2D eigenvalue weighted by molar-refractivity contribution is 5.51. The van der Waals surface area contributed by atoms with Crippen LogP contribution in [0.2, 0.25) is 0 Å². The van der Waals surface area contributed by atoms with Crippen LogP contribution in [0.1, 0.15) is 13.3 Å². The lowest BCUT2D eigenvalue weighted by molar-refractivity contribution is 0.240. The number of aliphatic hydroxyl groups is 1. The average Bonchev–Trinajstić information content (AvgIpc) is 2.60. The molecular weight excluding hydrogens is 228 g/mol. The molecule has 1 fully saturated rings. The first kappa shape index (κ1) is 13.2. The molecule has 100 valence electrons. The largest absolute Gasteiger partial charge is 0.497 e. The van der Waals surface area contributed by atoms with Crippen molar-refractivity contribution in [1.29, 1.82) is 0 Å². The van der Waals surface area contributed by atoms with Crippen LogP contribution in [0.3, 0.4) is 0 Å². The van der Waals surface area contributed by atoms with E-state index < -0.39 is 0 Å². The number of hydrogen-bond acceptors (Lipinski definition) is 4. The zero-order valence-electron chi connectivity index (χ0n) is 11.1. The van der Waals surface area contributed by atoms with Gasteiger partial charge in [-0.25, -0.2) is 0 Å². The van der Waals surface area contributed by atoms with Crippen molar-refractivity contribution in [3.8, 4) is 5.75 Å². The topological polar surface area (TPSA) is 44.7 Å². The summed E-state index contributed by atoms with van der Waals surface area (Å²) in [6, 6.07) is 8.67. The molecule has 0 spiro atoms. The van der Waals surface area contributed by atoms with Crippen molar-refractivity contribution >= 4 is 5.69 Å². The van der Waals surface area contributed by atoms with Crippen molar-refractivity contribution in [2.45, 2.75) is 25.4 Å². The monoisotopic (exact) mass is 250 g/mol. The lowest BCUT2D eigenvalue weighted by Crippen LogP contribution is -2.42. The predicted molar refractivity (Wildman–Crippen MR) is 73.3 cm³/mol. The Balaban J connectivity index is 2.14. The van der Waals surface area contributed by atoms with Gasteiger partial charge in [0.2, 0.25) is 0 Å². The Kier molecular flexibility index (Phi) is 4.44. The Hall–Kier alpha value is -1.26. The summed E-state index contributed by atoms with van der Waals surface area (Å²) in [5.41, 5.74) is 1.16. The van der Waals surface area contributed by atoms with E-state index in [9.17, 15) is 5.11 Å². The first-order valence-electron chi connectivity index (χ1n) is 6.49. The zero-order chi connectivity index (χ0) is 13.0. The van der Waals surface area contributed by atoms with Crippen molar-refractivity contribution < 1.29 is 9.84 Å². The third kappa shape index (κ3) is 3.15. The highest BCUT2D eigenvalue weighted by atomic mass is 16.5. The van der Waals surface area contributed by atoms with Gasteiger partial charge in [-0.1, -0.05) is 6.07 Å². The summed E-state index contributed by atoms with van der Waals surface area (Å²) in [5.74, 6) is 0.873. The van der Waals surface area contributed by atoms with Crippen LogP contribution in [-0.2, 0) is 0 Å². The van der Waals surface area contributed by atoms with Gasteiger partial charge in [0.15, 0.2) is 0 Å². The molecule has 1 aliphatic heterocycles. The van der Waals surface area contributed by atoms with Crippen LogP contribution in [0.5, 0.6) is 5.75 Å². The molecule has 0 amide bonds. The van der Waals surface area contributed by atoms with Crippen LogP contribution < -0.4 is 15.0 Å². The number of aliphatic hydroxyl groups excluding tert-OH is 1. The molecule has 4 heteroatoms. The second-order valence-corrected chi connectivity index (χ2v) is 4.88. The van der Waals surface area contributed by atoms with E-state index in [0.29, 0.717) is 6.04 Å². The smallest absolute Gasteiger partial charge is 0.120 e. The molecular formula is C14H22N2O2. The molecule has 0 aliphatic carbocycles. The molecule has 2 atom stereocenters. The van der Waals surface area contributed by atoms with Crippen molar-refractivity contribution in [2.24, 2.45) is 0 Å². The summed E-state index contributed by atoms with van der Waals surface area (Å²) in [4.78, 5) is 2.31. The maximum Gasteiger partial charge on any atom is 0.120 e. The number of methoxy groups -OCH3 is 1. The average molecular weight is 250 g/mol. The van der Waals surface area contributed by atoms with E-state index in [1.807, 2.05) is 18.2 Å². The molecule has 1 aromatic rings. The number of nitrogens with one attached hydrogen (secondary N) is 1. The molecule has 1 aliphatic rings. The molecule has 0 aromatic heterocycles. The molecule has 0 saturated carbocycles. The molecule has 2 unspecified atom stereocenters. The van der Waals surface area contributed by atoms with Gasteiger partial charge in [0, 0.05) is 36.9 Å². The Morgan fingerprint density at radius 2 is 2.33 bits per heavy atom. The zero-order valence-corrected chi connectivity index (χ0v) is 11.1. The molecule has 2 N–H and O–H groups in total. The lowest BCUT2D eigenvalue weighted by atomic mass is 10.2. The molecule has 2 rings (SSSR count). The van der Waals surface area contributed by atoms with Crippen LogP contribution in [-0.4, -0.2) is 44.0 Å². The van der Waals surface area contributed by atoms with Gasteiger partial charge in [-0.3, -0.25) is 0 Å². The number of ether oxygens (including phenoxy) is 1. The molecule has 1 saturated heterocycles. The third-order valence-electron chi connectivity index (χ3n) is 3.43. The third-order valence-corrected chi connectivity index (χ3v) is 3.43. The summed E-state index contributed by atoms with van der Waals surface area (Å²) in [6.45, 7) is 4.16. The SMILES string of the molecule is COc1cccc(N2CCC(C)NC(CO)C2)c1. The van der Waals surface area contributed by atoms with Gasteiger partial charge < -0.3 is 20.1 Å². The Morgan fingerprint density at radius 1 is 1.50 bits per heavy atom. The van der Waals surface area contributed by atoms with E-state index in [4.69, 9.17) is 4.74 Å². The number of anilines is 1. The minimum atomic E-state index is 0.133. The molecule has 0 radical (unpaired) electrons. The fourth-order valence-electron chi connectivity index (χ4n) is 2.40. The minimum Gasteiger partial charge on any atom is -0.497 e. The van der Waals surface area contributed by atoms with E-state index in [1.165, 1.54) is 0 Å². The Bertz CT molecular complexity index is 384. The van der Waals surface area contributed by atoms with E-state index in [0.717, 1.165) is 30.9 Å². The highest BCUT2D eigenvalue weighted by Gasteiger charge is 2.21. The number of nitrogens with zero attached hydrogens (tertiary/aromatic N) is 1. The lowest BCUT2D eigenvalue weighted by Gasteiger charge is -2.25. The molecule has 1 aromatic carbocycles. The maximum absolute atomic E-state index is 9.39. The van der Waals surface area contributed by atoms with E-state index in [1.54, 1.807) is 7.11 Å². The van der Waals surface area contributed by atoms with Crippen molar-refractivity contribution in [2.75, 3.05) is 31.7 Å². The van der Waals surface area contributed by atoms with Gasteiger partial charge in [-0.05, 0) is 25.5 Å². The summed E-state index contributed by atoms with van der Waals surface area (Å²) >= 11 is 0. The highest BCUT2D eigenvalue weighted by Crippen LogP contribution is 2.22. The van der Waals surface area contributed by atoms with E-state index in [2.05, 4.69) is 23.2 Å². The summed E-state index contributed by atoms with van der Waals surface area (Å²) in [6.07, 6.45) is 1.08. The first-order valence-corrected chi connectivity index (χ1v) is 6.49. The van der Waals surface area contributed by atoms with Crippen LogP contribution in [0.4, 0.5) is 5.69 Å². The van der Waals surface area contributed by atoms with Gasteiger partial charge in [-0.2, -0.15) is 0 Å². The summed E-state index contributed by atoms with van der Waals surface area (Å²) in [5, 5.41) is 12.8. The quantitative estimate of drug-likeness (QED) is 0.847. The van der Waals surface area contributed by atoms with Gasteiger partial charge in [-0.15, -0.1) is 0 Å². The van der Waals surface area contributed by atoms with Gasteiger partial charge in [0.25, 0.3) is 0 Å². The van der Waals surface area contributed by atoms with E-state index in [-0.39, 0.29) is 12.6 Å².